The van der Waals surface area contributed by atoms with Crippen LogP contribution in [0.4, 0.5) is 0 Å². The smallest absolute Gasteiger partial charge is 0.293 e. The molecule has 0 aliphatic heterocycles. The number of hydroxylamine groups is 2. The molecule has 5 heteroatoms. The Labute approximate surface area is 58.5 Å². The fourth-order valence-electron chi connectivity index (χ4n) is 0.378. The predicted molar refractivity (Wildman–Crippen MR) is 31.8 cm³/mol. The number of rotatable bonds is 6. The van der Waals surface area contributed by atoms with Crippen molar-refractivity contribution >= 4 is 12.9 Å². The molecule has 0 bridgehead atoms. The first-order valence-electron chi connectivity index (χ1n) is 2.66. The van der Waals surface area contributed by atoms with Crippen molar-refractivity contribution in [2.75, 3.05) is 20.3 Å². The van der Waals surface area contributed by atoms with Crippen molar-refractivity contribution in [2.45, 2.75) is 0 Å². The molecule has 0 aromatic carbocycles. The summed E-state index contributed by atoms with van der Waals surface area (Å²) in [7, 11) is 1.36. The molecule has 58 valence electrons. The minimum Gasteiger partial charge on any atom is -0.466 e. The van der Waals surface area contributed by atoms with E-state index in [0.29, 0.717) is 12.9 Å². The topological polar surface area (TPSA) is 55.8 Å². The highest BCUT2D eigenvalue weighted by molar-refractivity contribution is 5.45. The van der Waals surface area contributed by atoms with Gasteiger partial charge in [-0.25, -0.2) is 5.06 Å². The van der Waals surface area contributed by atoms with E-state index < -0.39 is 0 Å². The van der Waals surface area contributed by atoms with Gasteiger partial charge in [0.05, 0.1) is 13.7 Å². The fraction of sp³-hybridized carbons (Fsp3) is 0.600. The maximum Gasteiger partial charge on any atom is 0.293 e. The molecule has 0 unspecified atom stereocenters. The van der Waals surface area contributed by atoms with Gasteiger partial charge in [-0.15, -0.1) is 0 Å². The summed E-state index contributed by atoms with van der Waals surface area (Å²) in [4.78, 5) is 24.1. The molecule has 0 spiro atoms. The Hall–Kier alpha value is -1.10. The van der Waals surface area contributed by atoms with Gasteiger partial charge in [-0.2, -0.15) is 0 Å². The van der Waals surface area contributed by atoms with Gasteiger partial charge in [-0.3, -0.25) is 14.4 Å². The number of nitrogens with zero attached hydrogens (tertiary/aromatic N) is 1. The fourth-order valence-corrected chi connectivity index (χ4v) is 0.378. The molecule has 0 saturated carbocycles. The highest BCUT2D eigenvalue weighted by atomic mass is 16.7. The number of carbonyl (C=O) groups is 2. The van der Waals surface area contributed by atoms with Crippen molar-refractivity contribution in [1.82, 2.24) is 5.06 Å². The predicted octanol–water partition coefficient (Wildman–Crippen LogP) is -0.821. The average molecular weight is 147 g/mol. The highest BCUT2D eigenvalue weighted by Crippen LogP contribution is 1.80. The number of ether oxygens (including phenoxy) is 1. The van der Waals surface area contributed by atoms with E-state index in [0.717, 1.165) is 5.06 Å². The minimum absolute atomic E-state index is 0.149. The Balaban J connectivity index is 3.25. The quantitative estimate of drug-likeness (QED) is 0.280. The van der Waals surface area contributed by atoms with E-state index in [2.05, 4.69) is 9.57 Å². The van der Waals surface area contributed by atoms with Crippen LogP contribution in [0.3, 0.4) is 0 Å². The van der Waals surface area contributed by atoms with E-state index in [1.807, 2.05) is 0 Å². The Kier molecular flexibility index (Phi) is 5.36. The van der Waals surface area contributed by atoms with Crippen LogP contribution in [0.1, 0.15) is 0 Å². The van der Waals surface area contributed by atoms with Gasteiger partial charge in [0.15, 0.2) is 0 Å². The van der Waals surface area contributed by atoms with Crippen LogP contribution < -0.4 is 0 Å². The molecular formula is C5H9NO4. The van der Waals surface area contributed by atoms with E-state index >= 15 is 0 Å². The number of hydrogen-bond acceptors (Lipinski definition) is 4. The molecule has 0 fully saturated rings. The Morgan fingerprint density at radius 3 is 2.60 bits per heavy atom. The third-order valence-electron chi connectivity index (χ3n) is 0.850. The van der Waals surface area contributed by atoms with Crippen molar-refractivity contribution < 1.29 is 19.2 Å². The third-order valence-corrected chi connectivity index (χ3v) is 0.850. The van der Waals surface area contributed by atoms with Crippen molar-refractivity contribution in [3.05, 3.63) is 0 Å². The lowest BCUT2D eigenvalue weighted by atomic mass is 10.7. The molecule has 0 aliphatic carbocycles. The molecule has 0 aromatic rings. The number of amides is 1. The van der Waals surface area contributed by atoms with Crippen LogP contribution in [0.15, 0.2) is 0 Å². The summed E-state index contributed by atoms with van der Waals surface area (Å²) in [5.74, 6) is 0. The van der Waals surface area contributed by atoms with Gasteiger partial charge in [0.1, 0.15) is 6.61 Å². The minimum atomic E-state index is 0.149. The molecule has 0 aromatic heterocycles. The summed E-state index contributed by atoms with van der Waals surface area (Å²) in [6.07, 6.45) is 0.508. The maximum absolute atomic E-state index is 9.99. The second kappa shape index (κ2) is 6.03. The summed E-state index contributed by atoms with van der Waals surface area (Å²) in [5, 5.41) is 1.02. The lowest BCUT2D eigenvalue weighted by Crippen LogP contribution is -2.24. The van der Waals surface area contributed by atoms with Gasteiger partial charge < -0.3 is 4.74 Å². The maximum atomic E-state index is 9.99. The molecule has 5 nitrogen and oxygen atoms in total. The molecule has 0 aliphatic rings. The molecule has 0 rings (SSSR count). The molecule has 0 heterocycles. The zero-order valence-electron chi connectivity index (χ0n) is 5.65. The Bertz CT molecular complexity index is 106. The number of hydrogen-bond donors (Lipinski definition) is 0. The van der Waals surface area contributed by atoms with Gasteiger partial charge in [0.2, 0.25) is 6.41 Å². The Morgan fingerprint density at radius 2 is 2.20 bits per heavy atom. The summed E-state index contributed by atoms with van der Waals surface area (Å²) in [6.45, 7) is 0.716. The van der Waals surface area contributed by atoms with Crippen molar-refractivity contribution in [1.29, 1.82) is 0 Å². The van der Waals surface area contributed by atoms with Gasteiger partial charge in [-0.05, 0) is 0 Å². The van der Waals surface area contributed by atoms with Crippen molar-refractivity contribution in [3.63, 3.8) is 0 Å². The van der Waals surface area contributed by atoms with Gasteiger partial charge >= 0.3 is 0 Å². The lowest BCUT2D eigenvalue weighted by molar-refractivity contribution is -0.165. The van der Waals surface area contributed by atoms with Crippen LogP contribution in [-0.4, -0.2) is 38.2 Å². The SMILES string of the molecule is CON(C=O)CCOC=O. The summed E-state index contributed by atoms with van der Waals surface area (Å²) >= 11 is 0. The average Bonchev–Trinajstić information content (AvgIpc) is 1.99. The highest BCUT2D eigenvalue weighted by Gasteiger charge is 1.96. The van der Waals surface area contributed by atoms with E-state index in [-0.39, 0.29) is 13.2 Å². The summed E-state index contributed by atoms with van der Waals surface area (Å²) in [6, 6.07) is 0. The van der Waals surface area contributed by atoms with Crippen LogP contribution in [0, 0.1) is 0 Å². The van der Waals surface area contributed by atoms with E-state index in [1.54, 1.807) is 0 Å². The Morgan fingerprint density at radius 1 is 1.50 bits per heavy atom. The first-order chi connectivity index (χ1) is 4.85. The first-order valence-corrected chi connectivity index (χ1v) is 2.66. The molecule has 0 radical (unpaired) electrons. The molecule has 10 heavy (non-hydrogen) atoms. The lowest BCUT2D eigenvalue weighted by Gasteiger charge is -2.11. The third kappa shape index (κ3) is 3.85. The van der Waals surface area contributed by atoms with E-state index in [1.165, 1.54) is 7.11 Å². The van der Waals surface area contributed by atoms with Crippen molar-refractivity contribution in [3.8, 4) is 0 Å². The first kappa shape index (κ1) is 8.90. The van der Waals surface area contributed by atoms with E-state index in [9.17, 15) is 9.59 Å². The molecule has 1 amide bonds. The molecule has 0 atom stereocenters. The second-order valence-corrected chi connectivity index (χ2v) is 1.40. The standard InChI is InChI=1S/C5H9NO4/c1-9-6(4-7)2-3-10-5-8/h4-5H,2-3H2,1H3. The van der Waals surface area contributed by atoms with Crippen LogP contribution in [0.25, 0.3) is 0 Å². The van der Waals surface area contributed by atoms with Gasteiger partial charge in [0.25, 0.3) is 6.47 Å². The van der Waals surface area contributed by atoms with Crippen LogP contribution in [0.2, 0.25) is 0 Å². The molecule has 0 N–H and O–H groups in total. The number of carbonyl (C=O) groups excluding carboxylic acids is 2. The zero-order chi connectivity index (χ0) is 7.82. The summed E-state index contributed by atoms with van der Waals surface area (Å²) in [5.41, 5.74) is 0. The van der Waals surface area contributed by atoms with Gasteiger partial charge in [-0.1, -0.05) is 0 Å². The largest absolute Gasteiger partial charge is 0.466 e. The van der Waals surface area contributed by atoms with E-state index in [4.69, 9.17) is 0 Å². The van der Waals surface area contributed by atoms with Crippen LogP contribution in [0.5, 0.6) is 0 Å². The van der Waals surface area contributed by atoms with Crippen molar-refractivity contribution in [2.24, 2.45) is 0 Å². The zero-order valence-corrected chi connectivity index (χ0v) is 5.65. The second-order valence-electron chi connectivity index (χ2n) is 1.40. The molecular weight excluding hydrogens is 138 g/mol. The van der Waals surface area contributed by atoms with Gasteiger partial charge in [0, 0.05) is 0 Å². The molecule has 0 saturated heterocycles. The van der Waals surface area contributed by atoms with Crippen LogP contribution in [-0.2, 0) is 19.2 Å². The van der Waals surface area contributed by atoms with Crippen LogP contribution >= 0.6 is 0 Å². The normalized spacial score (nSPS) is 8.50. The summed E-state index contributed by atoms with van der Waals surface area (Å²) < 4.78 is 4.31. The monoisotopic (exact) mass is 147 g/mol.